The van der Waals surface area contributed by atoms with Crippen molar-refractivity contribution in [1.29, 1.82) is 0 Å². The average Bonchev–Trinajstić information content (AvgIpc) is 2.99. The van der Waals surface area contributed by atoms with E-state index in [1.165, 1.54) is 15.8 Å². The van der Waals surface area contributed by atoms with E-state index in [0.717, 1.165) is 0 Å². The topological polar surface area (TPSA) is 105 Å². The second kappa shape index (κ2) is 4.36. The zero-order valence-corrected chi connectivity index (χ0v) is 11.0. The summed E-state index contributed by atoms with van der Waals surface area (Å²) in [4.78, 5) is 24.9. The molecule has 1 N–H and O–H groups in total. The van der Waals surface area contributed by atoms with Crippen LogP contribution in [-0.2, 0) is 7.05 Å². The van der Waals surface area contributed by atoms with E-state index in [9.17, 15) is 14.9 Å². The van der Waals surface area contributed by atoms with Crippen LogP contribution in [0.3, 0.4) is 0 Å². The number of aromatic nitrogens is 2. The predicted octanol–water partition coefficient (Wildman–Crippen LogP) is 0.374. The molecule has 2 atom stereocenters. The van der Waals surface area contributed by atoms with Crippen LogP contribution in [0.4, 0.5) is 16.3 Å². The number of carbonyl (C=O) groups is 1. The van der Waals surface area contributed by atoms with Gasteiger partial charge in [-0.1, -0.05) is 0 Å². The minimum absolute atomic E-state index is 0.00237. The van der Waals surface area contributed by atoms with Gasteiger partial charge in [-0.2, -0.15) is 5.10 Å². The molecule has 0 aliphatic carbocycles. The van der Waals surface area contributed by atoms with Crippen LogP contribution in [0, 0.1) is 22.0 Å². The van der Waals surface area contributed by atoms with Gasteiger partial charge in [-0.3, -0.25) is 10.1 Å². The number of nitrogens with zero attached hydrogens (tertiary/aromatic N) is 5. The van der Waals surface area contributed by atoms with Gasteiger partial charge in [0.05, 0.1) is 4.92 Å². The highest BCUT2D eigenvalue weighted by atomic mass is 16.6. The highest BCUT2D eigenvalue weighted by molar-refractivity contribution is 5.66. The summed E-state index contributed by atoms with van der Waals surface area (Å²) in [5.41, 5.74) is 0.00237. The number of hydrogen-bond acceptors (Lipinski definition) is 5. The largest absolute Gasteiger partial charge is 0.465 e. The number of fused-ring (bicyclic) bond motifs is 1. The summed E-state index contributed by atoms with van der Waals surface area (Å²) in [6.45, 7) is 2.27. The van der Waals surface area contributed by atoms with Crippen LogP contribution >= 0.6 is 0 Å². The van der Waals surface area contributed by atoms with Crippen molar-refractivity contribution in [3.8, 4) is 0 Å². The first-order chi connectivity index (χ1) is 9.47. The van der Waals surface area contributed by atoms with Crippen LogP contribution < -0.4 is 4.90 Å². The van der Waals surface area contributed by atoms with Crippen molar-refractivity contribution in [2.45, 2.75) is 0 Å². The summed E-state index contributed by atoms with van der Waals surface area (Å²) >= 11 is 0. The Labute approximate surface area is 114 Å². The summed E-state index contributed by atoms with van der Waals surface area (Å²) in [6.07, 6.45) is 0.366. The van der Waals surface area contributed by atoms with Crippen LogP contribution in [0.1, 0.15) is 0 Å². The second-order valence-corrected chi connectivity index (χ2v) is 5.35. The first-order valence-corrected chi connectivity index (χ1v) is 6.36. The Balaban J connectivity index is 1.79. The van der Waals surface area contributed by atoms with Crippen LogP contribution in [0.15, 0.2) is 6.20 Å². The van der Waals surface area contributed by atoms with E-state index in [-0.39, 0.29) is 17.5 Å². The van der Waals surface area contributed by atoms with Gasteiger partial charge in [0.2, 0.25) is 5.82 Å². The van der Waals surface area contributed by atoms with Gasteiger partial charge in [0.25, 0.3) is 0 Å². The highest BCUT2D eigenvalue weighted by Crippen LogP contribution is 2.37. The standard InChI is InChI=1S/C11H15N5O4/c1-13-10(9(2-12-13)16(19)20)14-3-7-5-15(11(17)18)6-8(7)4-14/h2,7-8H,3-6H2,1H3,(H,17,18). The molecule has 2 unspecified atom stereocenters. The van der Waals surface area contributed by atoms with Gasteiger partial charge in [-0.25, -0.2) is 9.48 Å². The Kier molecular flexibility index (Phi) is 2.77. The van der Waals surface area contributed by atoms with Crippen molar-refractivity contribution in [2.75, 3.05) is 31.1 Å². The lowest BCUT2D eigenvalue weighted by Gasteiger charge is -2.21. The van der Waals surface area contributed by atoms with Crippen LogP contribution in [0.25, 0.3) is 0 Å². The fourth-order valence-corrected chi connectivity index (χ4v) is 3.24. The van der Waals surface area contributed by atoms with Crippen molar-refractivity contribution in [3.05, 3.63) is 16.3 Å². The fourth-order valence-electron chi connectivity index (χ4n) is 3.24. The molecular formula is C11H15N5O4. The quantitative estimate of drug-likeness (QED) is 0.620. The molecule has 0 radical (unpaired) electrons. The number of rotatable bonds is 2. The normalized spacial score (nSPS) is 25.1. The van der Waals surface area contributed by atoms with E-state index in [1.807, 2.05) is 4.90 Å². The fraction of sp³-hybridized carbons (Fsp3) is 0.636. The van der Waals surface area contributed by atoms with Gasteiger partial charge in [0, 0.05) is 45.1 Å². The Morgan fingerprint density at radius 3 is 2.50 bits per heavy atom. The molecule has 9 nitrogen and oxygen atoms in total. The lowest BCUT2D eigenvalue weighted by Crippen LogP contribution is -2.32. The minimum atomic E-state index is -0.891. The maximum Gasteiger partial charge on any atom is 0.407 e. The molecule has 1 aromatic heterocycles. The van der Waals surface area contributed by atoms with Gasteiger partial charge >= 0.3 is 11.8 Å². The first kappa shape index (κ1) is 12.7. The number of aryl methyl sites for hydroxylation is 1. The van der Waals surface area contributed by atoms with E-state index in [1.54, 1.807) is 7.05 Å². The smallest absolute Gasteiger partial charge is 0.407 e. The Morgan fingerprint density at radius 1 is 1.40 bits per heavy atom. The third-order valence-corrected chi connectivity index (χ3v) is 4.14. The van der Waals surface area contributed by atoms with Crippen molar-refractivity contribution < 1.29 is 14.8 Å². The van der Waals surface area contributed by atoms with Crippen molar-refractivity contribution in [2.24, 2.45) is 18.9 Å². The molecule has 108 valence electrons. The SMILES string of the molecule is Cn1ncc([N+](=O)[O-])c1N1CC2CN(C(=O)O)CC2C1. The summed E-state index contributed by atoms with van der Waals surface area (Å²) in [5, 5.41) is 24.0. The lowest BCUT2D eigenvalue weighted by molar-refractivity contribution is -0.384. The van der Waals surface area contributed by atoms with Gasteiger partial charge in [-0.05, 0) is 0 Å². The minimum Gasteiger partial charge on any atom is -0.465 e. The molecule has 9 heteroatoms. The Bertz CT molecular complexity index is 557. The monoisotopic (exact) mass is 281 g/mol. The van der Waals surface area contributed by atoms with E-state index >= 15 is 0 Å². The zero-order valence-electron chi connectivity index (χ0n) is 11.0. The molecule has 3 heterocycles. The molecule has 1 amide bonds. The van der Waals surface area contributed by atoms with Gasteiger partial charge in [0.15, 0.2) is 0 Å². The molecular weight excluding hydrogens is 266 g/mol. The van der Waals surface area contributed by atoms with Crippen LogP contribution in [0.2, 0.25) is 0 Å². The summed E-state index contributed by atoms with van der Waals surface area (Å²) in [7, 11) is 1.68. The summed E-state index contributed by atoms with van der Waals surface area (Å²) < 4.78 is 1.51. The Morgan fingerprint density at radius 2 is 2.00 bits per heavy atom. The van der Waals surface area contributed by atoms with E-state index in [4.69, 9.17) is 5.11 Å². The maximum atomic E-state index is 11.0. The van der Waals surface area contributed by atoms with Gasteiger partial charge in [-0.15, -0.1) is 0 Å². The first-order valence-electron chi connectivity index (χ1n) is 6.36. The molecule has 2 aliphatic heterocycles. The van der Waals surface area contributed by atoms with Crippen LogP contribution in [0.5, 0.6) is 0 Å². The molecule has 0 spiro atoms. The molecule has 0 bridgehead atoms. The number of hydrogen-bond donors (Lipinski definition) is 1. The summed E-state index contributed by atoms with van der Waals surface area (Å²) in [5.74, 6) is 0.979. The molecule has 20 heavy (non-hydrogen) atoms. The molecule has 0 aromatic carbocycles. The number of anilines is 1. The summed E-state index contributed by atoms with van der Waals surface area (Å²) in [6, 6.07) is 0. The number of nitro groups is 1. The second-order valence-electron chi connectivity index (χ2n) is 5.35. The molecule has 2 aliphatic rings. The van der Waals surface area contributed by atoms with Gasteiger partial charge < -0.3 is 14.9 Å². The van der Waals surface area contributed by atoms with E-state index in [0.29, 0.717) is 32.0 Å². The third-order valence-electron chi connectivity index (χ3n) is 4.14. The molecule has 2 fully saturated rings. The molecule has 3 rings (SSSR count). The molecule has 2 saturated heterocycles. The lowest BCUT2D eigenvalue weighted by atomic mass is 10.0. The van der Waals surface area contributed by atoms with Crippen LogP contribution in [-0.4, -0.2) is 57.0 Å². The number of carboxylic acid groups (broad SMARTS) is 1. The molecule has 1 aromatic rings. The molecule has 0 saturated carbocycles. The van der Waals surface area contributed by atoms with E-state index < -0.39 is 11.0 Å². The Hall–Kier alpha value is -2.32. The number of amides is 1. The van der Waals surface area contributed by atoms with Crippen molar-refractivity contribution in [3.63, 3.8) is 0 Å². The highest BCUT2D eigenvalue weighted by Gasteiger charge is 2.43. The number of likely N-dealkylation sites (tertiary alicyclic amines) is 1. The predicted molar refractivity (Wildman–Crippen MR) is 68.7 cm³/mol. The van der Waals surface area contributed by atoms with Crippen molar-refractivity contribution in [1.82, 2.24) is 14.7 Å². The average molecular weight is 281 g/mol. The maximum absolute atomic E-state index is 11.0. The van der Waals surface area contributed by atoms with Gasteiger partial charge in [0.1, 0.15) is 6.20 Å². The van der Waals surface area contributed by atoms with Crippen molar-refractivity contribution >= 4 is 17.6 Å². The third kappa shape index (κ3) is 1.86. The van der Waals surface area contributed by atoms with E-state index in [2.05, 4.69) is 5.10 Å². The zero-order chi connectivity index (χ0) is 14.4.